The topological polar surface area (TPSA) is 59.7 Å². The van der Waals surface area contributed by atoms with Gasteiger partial charge in [-0.2, -0.15) is 5.26 Å². The predicted molar refractivity (Wildman–Crippen MR) is 73.6 cm³/mol. The van der Waals surface area contributed by atoms with Crippen LogP contribution >= 0.6 is 0 Å². The van der Waals surface area contributed by atoms with Crippen LogP contribution in [0.1, 0.15) is 45.6 Å². The van der Waals surface area contributed by atoms with Crippen molar-refractivity contribution in [1.29, 1.82) is 5.26 Å². The lowest BCUT2D eigenvalue weighted by molar-refractivity contribution is 0.503. The van der Waals surface area contributed by atoms with E-state index in [1.54, 1.807) is 12.4 Å². The van der Waals surface area contributed by atoms with Gasteiger partial charge in [0.25, 0.3) is 0 Å². The molecule has 1 aromatic rings. The van der Waals surface area contributed by atoms with Crippen LogP contribution in [-0.2, 0) is 11.2 Å². The monoisotopic (exact) mass is 264 g/mol. The molecule has 0 spiro atoms. The number of nitriles is 1. The summed E-state index contributed by atoms with van der Waals surface area (Å²) in [5, 5.41) is 8.96. The summed E-state index contributed by atoms with van der Waals surface area (Å²) in [6, 6.07) is 4.15. The molecule has 1 aromatic heterocycles. The Hall–Kier alpha value is -1.05. The maximum absolute atomic E-state index is 12.1. The van der Waals surface area contributed by atoms with Crippen LogP contribution in [0.4, 0.5) is 0 Å². The van der Waals surface area contributed by atoms with Gasteiger partial charge in [-0.1, -0.05) is 13.8 Å². The number of aromatic nitrogens is 1. The van der Waals surface area contributed by atoms with Crippen LogP contribution in [-0.4, -0.2) is 14.8 Å². The Balaban J connectivity index is 3.03. The number of hydrogen-bond acceptors (Lipinski definition) is 3. The minimum absolute atomic E-state index is 0.0792. The van der Waals surface area contributed by atoms with Crippen molar-refractivity contribution in [3.8, 4) is 6.07 Å². The molecule has 0 N–H and O–H groups in total. The second-order valence-electron chi connectivity index (χ2n) is 5.01. The van der Waals surface area contributed by atoms with Gasteiger partial charge in [0.2, 0.25) is 0 Å². The van der Waals surface area contributed by atoms with Crippen LogP contribution in [0.2, 0.25) is 0 Å². The molecule has 0 amide bonds. The Morgan fingerprint density at radius 2 is 2.00 bits per heavy atom. The summed E-state index contributed by atoms with van der Waals surface area (Å²) < 4.78 is 12.1. The summed E-state index contributed by atoms with van der Waals surface area (Å²) in [5.41, 5.74) is 1.01. The van der Waals surface area contributed by atoms with Crippen LogP contribution in [0, 0.1) is 17.2 Å². The number of hydrogen-bond donors (Lipinski definition) is 0. The van der Waals surface area contributed by atoms with Crippen molar-refractivity contribution in [2.45, 2.75) is 50.2 Å². The molecule has 0 aromatic carbocycles. The maximum Gasteiger partial charge on any atom is 0.171 e. The minimum Gasteiger partial charge on any atom is -0.611 e. The van der Waals surface area contributed by atoms with E-state index in [1.165, 1.54) is 0 Å². The van der Waals surface area contributed by atoms with Gasteiger partial charge in [0.05, 0.1) is 12.3 Å². The summed E-state index contributed by atoms with van der Waals surface area (Å²) in [7, 11) is 0. The fraction of sp³-hybridized carbons (Fsp3) is 0.571. The first-order valence-electron chi connectivity index (χ1n) is 6.19. The first-order valence-corrected chi connectivity index (χ1v) is 7.41. The number of rotatable bonds is 5. The van der Waals surface area contributed by atoms with Crippen LogP contribution in [0.3, 0.4) is 0 Å². The SMILES string of the molecule is CC(C)C(CC#N)c1cncc([S+]([O-])C(C)C)c1. The maximum atomic E-state index is 12.1. The van der Waals surface area contributed by atoms with Gasteiger partial charge in [-0.05, 0) is 42.6 Å². The Morgan fingerprint density at radius 3 is 2.50 bits per heavy atom. The molecular formula is C14H20N2OS. The van der Waals surface area contributed by atoms with Crippen LogP contribution < -0.4 is 0 Å². The van der Waals surface area contributed by atoms with Crippen LogP contribution in [0.15, 0.2) is 23.4 Å². The molecule has 0 saturated heterocycles. The standard InChI is InChI=1S/C14H20N2OS/c1-10(2)14(5-6-15)12-7-13(9-16-8-12)18(17)11(3)4/h7-11,14H,5H2,1-4H3. The zero-order valence-corrected chi connectivity index (χ0v) is 12.2. The van der Waals surface area contributed by atoms with Crippen molar-refractivity contribution in [3.63, 3.8) is 0 Å². The fourth-order valence-corrected chi connectivity index (χ4v) is 2.82. The van der Waals surface area contributed by atoms with Crippen molar-refractivity contribution < 1.29 is 4.55 Å². The number of nitrogens with zero attached hydrogens (tertiary/aromatic N) is 2. The molecule has 3 nitrogen and oxygen atoms in total. The lowest BCUT2D eigenvalue weighted by Crippen LogP contribution is -2.15. The van der Waals surface area contributed by atoms with E-state index in [4.69, 9.17) is 5.26 Å². The summed E-state index contributed by atoms with van der Waals surface area (Å²) in [5.74, 6) is 0.529. The number of pyridine rings is 1. The average molecular weight is 264 g/mol. The van der Waals surface area contributed by atoms with Crippen LogP contribution in [0.25, 0.3) is 0 Å². The third-order valence-electron chi connectivity index (χ3n) is 2.94. The summed E-state index contributed by atoms with van der Waals surface area (Å²) in [4.78, 5) is 4.93. The fourth-order valence-electron chi connectivity index (χ4n) is 1.86. The van der Waals surface area contributed by atoms with E-state index in [0.717, 1.165) is 10.5 Å². The summed E-state index contributed by atoms with van der Waals surface area (Å²) in [6.45, 7) is 8.04. The first-order chi connectivity index (χ1) is 8.47. The summed E-state index contributed by atoms with van der Waals surface area (Å²) in [6.07, 6.45) is 3.91. The molecule has 0 radical (unpaired) electrons. The van der Waals surface area contributed by atoms with Gasteiger partial charge >= 0.3 is 0 Å². The lowest BCUT2D eigenvalue weighted by atomic mass is 9.87. The molecule has 0 fully saturated rings. The molecule has 0 aliphatic rings. The van der Waals surface area contributed by atoms with Crippen molar-refractivity contribution in [3.05, 3.63) is 24.0 Å². The summed E-state index contributed by atoms with van der Waals surface area (Å²) >= 11 is -1.02. The van der Waals surface area contributed by atoms with E-state index in [9.17, 15) is 4.55 Å². The Labute approximate surface area is 112 Å². The van der Waals surface area contributed by atoms with E-state index >= 15 is 0 Å². The largest absolute Gasteiger partial charge is 0.611 e. The molecular weight excluding hydrogens is 244 g/mol. The van der Waals surface area contributed by atoms with E-state index in [1.807, 2.05) is 19.9 Å². The second-order valence-corrected chi connectivity index (χ2v) is 7.02. The van der Waals surface area contributed by atoms with Gasteiger partial charge in [-0.3, -0.25) is 4.98 Å². The minimum atomic E-state index is -1.02. The van der Waals surface area contributed by atoms with Gasteiger partial charge in [-0.15, -0.1) is 0 Å². The molecule has 0 bridgehead atoms. The Morgan fingerprint density at radius 1 is 1.33 bits per heavy atom. The zero-order valence-electron chi connectivity index (χ0n) is 11.4. The van der Waals surface area contributed by atoms with Crippen LogP contribution in [0.5, 0.6) is 0 Å². The van der Waals surface area contributed by atoms with Gasteiger partial charge < -0.3 is 4.55 Å². The smallest absolute Gasteiger partial charge is 0.171 e. The molecule has 0 aliphatic carbocycles. The van der Waals surface area contributed by atoms with Crippen molar-refractivity contribution in [2.75, 3.05) is 0 Å². The lowest BCUT2D eigenvalue weighted by Gasteiger charge is -2.19. The average Bonchev–Trinajstić information content (AvgIpc) is 2.34. The van der Waals surface area contributed by atoms with Gasteiger partial charge in [0, 0.05) is 18.5 Å². The van der Waals surface area contributed by atoms with E-state index < -0.39 is 11.2 Å². The molecule has 4 heteroatoms. The quantitative estimate of drug-likeness (QED) is 0.767. The normalized spacial score (nSPS) is 14.6. The zero-order chi connectivity index (χ0) is 13.7. The molecule has 2 unspecified atom stereocenters. The third kappa shape index (κ3) is 3.72. The van der Waals surface area contributed by atoms with E-state index in [-0.39, 0.29) is 11.2 Å². The predicted octanol–water partition coefficient (Wildman–Crippen LogP) is 3.25. The molecule has 2 atom stereocenters. The van der Waals surface area contributed by atoms with Gasteiger partial charge in [-0.25, -0.2) is 0 Å². The Bertz CT molecular complexity index is 426. The van der Waals surface area contributed by atoms with E-state index in [0.29, 0.717) is 12.3 Å². The Kier molecular flexibility index (Phi) is 5.64. The molecule has 0 saturated carbocycles. The molecule has 1 heterocycles. The molecule has 18 heavy (non-hydrogen) atoms. The highest BCUT2D eigenvalue weighted by molar-refractivity contribution is 7.92. The first kappa shape index (κ1) is 15.0. The van der Waals surface area contributed by atoms with Gasteiger partial charge in [0.15, 0.2) is 4.90 Å². The molecule has 1 rings (SSSR count). The van der Waals surface area contributed by atoms with Crippen molar-refractivity contribution in [2.24, 2.45) is 5.92 Å². The highest BCUT2D eigenvalue weighted by Crippen LogP contribution is 2.29. The van der Waals surface area contributed by atoms with E-state index in [2.05, 4.69) is 24.9 Å². The third-order valence-corrected chi connectivity index (χ3v) is 4.48. The second kappa shape index (κ2) is 6.77. The van der Waals surface area contributed by atoms with Crippen molar-refractivity contribution in [1.82, 2.24) is 4.98 Å². The van der Waals surface area contributed by atoms with Gasteiger partial charge in [0.1, 0.15) is 5.25 Å². The molecule has 0 aliphatic heterocycles. The highest BCUT2D eigenvalue weighted by atomic mass is 32.2. The highest BCUT2D eigenvalue weighted by Gasteiger charge is 2.21. The van der Waals surface area contributed by atoms with Crippen molar-refractivity contribution >= 4 is 11.2 Å². The molecule has 98 valence electrons.